The summed E-state index contributed by atoms with van der Waals surface area (Å²) in [6, 6.07) is 7.87. The van der Waals surface area contributed by atoms with Gasteiger partial charge in [0.1, 0.15) is 5.82 Å². The normalized spacial score (nSPS) is 16.7. The van der Waals surface area contributed by atoms with Crippen molar-refractivity contribution < 1.29 is 4.39 Å². The maximum Gasteiger partial charge on any atom is 0.191 e. The molecule has 0 radical (unpaired) electrons. The van der Waals surface area contributed by atoms with Crippen molar-refractivity contribution >= 4 is 5.96 Å². The van der Waals surface area contributed by atoms with E-state index in [4.69, 9.17) is 0 Å². The van der Waals surface area contributed by atoms with Crippen LogP contribution in [0.4, 0.5) is 4.39 Å². The van der Waals surface area contributed by atoms with E-state index in [0.29, 0.717) is 24.1 Å². The lowest BCUT2D eigenvalue weighted by atomic mass is 10.1. The third kappa shape index (κ3) is 4.42. The van der Waals surface area contributed by atoms with E-state index < -0.39 is 0 Å². The zero-order chi connectivity index (χ0) is 18.5. The van der Waals surface area contributed by atoms with E-state index in [0.717, 1.165) is 11.3 Å². The lowest BCUT2D eigenvalue weighted by Crippen LogP contribution is -2.38. The van der Waals surface area contributed by atoms with Gasteiger partial charge in [-0.05, 0) is 49.9 Å². The molecule has 0 amide bonds. The van der Waals surface area contributed by atoms with E-state index in [1.54, 1.807) is 26.1 Å². The van der Waals surface area contributed by atoms with Gasteiger partial charge in [-0.15, -0.1) is 0 Å². The van der Waals surface area contributed by atoms with E-state index in [-0.39, 0.29) is 11.9 Å². The highest BCUT2D eigenvalue weighted by molar-refractivity contribution is 5.80. The average molecular weight is 357 g/mol. The molecule has 6 heteroatoms. The number of halogens is 1. The van der Waals surface area contributed by atoms with Crippen molar-refractivity contribution in [1.29, 1.82) is 0 Å². The molecule has 1 aromatic heterocycles. The maximum absolute atomic E-state index is 13.8. The Balaban J connectivity index is 1.55. The minimum absolute atomic E-state index is 0.0488. The van der Waals surface area contributed by atoms with Crippen LogP contribution in [0.3, 0.4) is 0 Å². The van der Waals surface area contributed by atoms with Crippen LogP contribution in [0.1, 0.15) is 61.5 Å². The van der Waals surface area contributed by atoms with E-state index in [1.807, 2.05) is 13.0 Å². The second-order valence-corrected chi connectivity index (χ2v) is 7.03. The summed E-state index contributed by atoms with van der Waals surface area (Å²) in [7, 11) is 1.73. The summed E-state index contributed by atoms with van der Waals surface area (Å²) in [4.78, 5) is 4.26. The SMILES string of the molecule is CN=C(NCc1ccn(C2CCCC2)n1)NC(C)c1ccc(C)c(F)c1. The molecule has 140 valence electrons. The Bertz CT molecular complexity index is 761. The van der Waals surface area contributed by atoms with Crippen LogP contribution in [0, 0.1) is 12.7 Å². The summed E-state index contributed by atoms with van der Waals surface area (Å²) in [5.74, 6) is 0.491. The van der Waals surface area contributed by atoms with Crippen LogP contribution < -0.4 is 10.6 Å². The zero-order valence-electron chi connectivity index (χ0n) is 15.8. The molecule has 1 aromatic carbocycles. The van der Waals surface area contributed by atoms with Gasteiger partial charge in [-0.2, -0.15) is 5.10 Å². The summed E-state index contributed by atoms with van der Waals surface area (Å²) < 4.78 is 15.9. The molecule has 26 heavy (non-hydrogen) atoms. The molecule has 1 aliphatic rings. The number of hydrogen-bond donors (Lipinski definition) is 2. The molecule has 5 nitrogen and oxygen atoms in total. The molecule has 0 aliphatic heterocycles. The highest BCUT2D eigenvalue weighted by Crippen LogP contribution is 2.28. The number of nitrogens with one attached hydrogen (secondary N) is 2. The third-order valence-corrected chi connectivity index (χ3v) is 5.07. The molecular formula is C20H28FN5. The van der Waals surface area contributed by atoms with Gasteiger partial charge in [0.05, 0.1) is 24.3 Å². The number of guanidine groups is 1. The first-order valence-corrected chi connectivity index (χ1v) is 9.34. The highest BCUT2D eigenvalue weighted by Gasteiger charge is 2.17. The quantitative estimate of drug-likeness (QED) is 0.631. The van der Waals surface area contributed by atoms with Gasteiger partial charge in [0, 0.05) is 13.2 Å². The lowest BCUT2D eigenvalue weighted by molar-refractivity contribution is 0.462. The highest BCUT2D eigenvalue weighted by atomic mass is 19.1. The first kappa shape index (κ1) is 18.4. The molecule has 0 saturated heterocycles. The van der Waals surface area contributed by atoms with Crippen LogP contribution in [0.5, 0.6) is 0 Å². The summed E-state index contributed by atoms with van der Waals surface area (Å²) >= 11 is 0. The molecule has 2 N–H and O–H groups in total. The summed E-state index contributed by atoms with van der Waals surface area (Å²) in [6.45, 7) is 4.36. The molecule has 2 aromatic rings. The van der Waals surface area contributed by atoms with Crippen LogP contribution >= 0.6 is 0 Å². The fourth-order valence-electron chi connectivity index (χ4n) is 3.38. The molecule has 3 rings (SSSR count). The van der Waals surface area contributed by atoms with Crippen molar-refractivity contribution in [1.82, 2.24) is 20.4 Å². The van der Waals surface area contributed by atoms with Gasteiger partial charge < -0.3 is 10.6 Å². The van der Waals surface area contributed by atoms with Crippen molar-refractivity contribution in [3.05, 3.63) is 53.1 Å². The smallest absolute Gasteiger partial charge is 0.191 e. The fraction of sp³-hybridized carbons (Fsp3) is 0.500. The third-order valence-electron chi connectivity index (χ3n) is 5.07. The van der Waals surface area contributed by atoms with Crippen molar-refractivity contribution in [3.63, 3.8) is 0 Å². The maximum atomic E-state index is 13.8. The Kier molecular flexibility index (Phi) is 5.91. The molecule has 0 bridgehead atoms. The number of aliphatic imine (C=N–C) groups is 1. The van der Waals surface area contributed by atoms with Gasteiger partial charge in [-0.3, -0.25) is 9.67 Å². The van der Waals surface area contributed by atoms with E-state index in [1.165, 1.54) is 25.7 Å². The minimum atomic E-state index is -0.184. The van der Waals surface area contributed by atoms with Crippen molar-refractivity contribution in [3.8, 4) is 0 Å². The lowest BCUT2D eigenvalue weighted by Gasteiger charge is -2.18. The van der Waals surface area contributed by atoms with Gasteiger partial charge in [0.15, 0.2) is 5.96 Å². The standard InChI is InChI=1S/C20H28FN5/c1-14-8-9-16(12-19(14)21)15(2)24-20(22-3)23-13-17-10-11-26(25-17)18-6-4-5-7-18/h8-12,15,18H,4-7,13H2,1-3H3,(H2,22,23,24). The Morgan fingerprint density at radius 1 is 1.35 bits per heavy atom. The predicted octanol–water partition coefficient (Wildman–Crippen LogP) is 3.87. The van der Waals surface area contributed by atoms with Crippen LogP contribution in [0.15, 0.2) is 35.5 Å². The summed E-state index contributed by atoms with van der Waals surface area (Å²) in [5, 5.41) is 11.3. The van der Waals surface area contributed by atoms with E-state index >= 15 is 0 Å². The van der Waals surface area contributed by atoms with Crippen LogP contribution in [-0.4, -0.2) is 22.8 Å². The largest absolute Gasteiger partial charge is 0.351 e. The Hall–Kier alpha value is -2.37. The molecular weight excluding hydrogens is 329 g/mol. The molecule has 1 atom stereocenters. The van der Waals surface area contributed by atoms with Crippen molar-refractivity contribution in [2.45, 2.75) is 58.2 Å². The summed E-state index contributed by atoms with van der Waals surface area (Å²) in [5.41, 5.74) is 2.54. The van der Waals surface area contributed by atoms with Gasteiger partial charge in [0.2, 0.25) is 0 Å². The molecule has 1 aliphatic carbocycles. The van der Waals surface area contributed by atoms with Gasteiger partial charge >= 0.3 is 0 Å². The van der Waals surface area contributed by atoms with Crippen LogP contribution in [0.25, 0.3) is 0 Å². The first-order chi connectivity index (χ1) is 12.6. The number of hydrogen-bond acceptors (Lipinski definition) is 2. The second kappa shape index (κ2) is 8.34. The number of benzene rings is 1. The minimum Gasteiger partial charge on any atom is -0.351 e. The second-order valence-electron chi connectivity index (χ2n) is 7.03. The Labute approximate surface area is 154 Å². The summed E-state index contributed by atoms with van der Waals surface area (Å²) in [6.07, 6.45) is 7.12. The number of aryl methyl sites for hydroxylation is 1. The predicted molar refractivity (Wildman–Crippen MR) is 103 cm³/mol. The monoisotopic (exact) mass is 357 g/mol. The average Bonchev–Trinajstić information content (AvgIpc) is 3.32. The van der Waals surface area contributed by atoms with Crippen molar-refractivity contribution in [2.24, 2.45) is 4.99 Å². The van der Waals surface area contributed by atoms with Gasteiger partial charge in [-0.25, -0.2) is 4.39 Å². The molecule has 1 heterocycles. The van der Waals surface area contributed by atoms with Gasteiger partial charge in [-0.1, -0.05) is 25.0 Å². The Morgan fingerprint density at radius 3 is 2.81 bits per heavy atom. The first-order valence-electron chi connectivity index (χ1n) is 9.34. The van der Waals surface area contributed by atoms with Gasteiger partial charge in [0.25, 0.3) is 0 Å². The van der Waals surface area contributed by atoms with E-state index in [9.17, 15) is 4.39 Å². The molecule has 0 spiro atoms. The van der Waals surface area contributed by atoms with E-state index in [2.05, 4.69) is 37.7 Å². The zero-order valence-corrected chi connectivity index (χ0v) is 15.8. The number of rotatable bonds is 5. The number of nitrogens with zero attached hydrogens (tertiary/aromatic N) is 3. The Morgan fingerprint density at radius 2 is 2.12 bits per heavy atom. The molecule has 1 unspecified atom stereocenters. The van der Waals surface area contributed by atoms with Crippen molar-refractivity contribution in [2.75, 3.05) is 7.05 Å². The van der Waals surface area contributed by atoms with Crippen LogP contribution in [-0.2, 0) is 6.54 Å². The fourth-order valence-corrected chi connectivity index (χ4v) is 3.38. The number of aromatic nitrogens is 2. The topological polar surface area (TPSA) is 54.2 Å². The molecule has 1 fully saturated rings. The van der Waals surface area contributed by atoms with Crippen LogP contribution in [0.2, 0.25) is 0 Å². The molecule has 1 saturated carbocycles.